The van der Waals surface area contributed by atoms with Crippen molar-refractivity contribution in [1.82, 2.24) is 20.4 Å². The molecule has 1 atom stereocenters. The maximum absolute atomic E-state index is 4.91. The van der Waals surface area contributed by atoms with Gasteiger partial charge in [0.05, 0.1) is 12.6 Å². The molecule has 2 aromatic heterocycles. The van der Waals surface area contributed by atoms with E-state index in [1.165, 1.54) is 0 Å². The topological polar surface area (TPSA) is 63.8 Å². The lowest BCUT2D eigenvalue weighted by molar-refractivity contribution is 0.383. The summed E-state index contributed by atoms with van der Waals surface area (Å²) < 4.78 is 4.91. The van der Waals surface area contributed by atoms with Crippen LogP contribution in [0.1, 0.15) is 36.1 Å². The zero-order valence-electron chi connectivity index (χ0n) is 9.30. The smallest absolute Gasteiger partial charge is 0.223 e. The first-order chi connectivity index (χ1) is 7.79. The van der Waals surface area contributed by atoms with Gasteiger partial charge in [0.25, 0.3) is 0 Å². The van der Waals surface area contributed by atoms with Gasteiger partial charge < -0.3 is 9.84 Å². The normalized spacial score (nSPS) is 12.9. The molecular weight excluding hydrogens is 224 g/mol. The van der Waals surface area contributed by atoms with E-state index in [-0.39, 0.29) is 6.04 Å². The summed E-state index contributed by atoms with van der Waals surface area (Å²) in [5.74, 6) is 1.28. The van der Waals surface area contributed by atoms with Crippen molar-refractivity contribution in [2.45, 2.75) is 32.9 Å². The molecule has 1 unspecified atom stereocenters. The fourth-order valence-electron chi connectivity index (χ4n) is 1.44. The van der Waals surface area contributed by atoms with Gasteiger partial charge in [-0.1, -0.05) is 12.1 Å². The predicted octanol–water partition coefficient (Wildman–Crippen LogP) is 2.08. The molecule has 5 nitrogen and oxygen atoms in total. The summed E-state index contributed by atoms with van der Waals surface area (Å²) in [7, 11) is 0. The van der Waals surface area contributed by atoms with Crippen molar-refractivity contribution in [3.05, 3.63) is 28.3 Å². The second kappa shape index (κ2) is 5.18. The Balaban J connectivity index is 1.93. The van der Waals surface area contributed by atoms with E-state index < -0.39 is 0 Å². The molecule has 0 aliphatic carbocycles. The first-order valence-electron chi connectivity index (χ1n) is 5.21. The summed E-state index contributed by atoms with van der Waals surface area (Å²) in [6, 6.07) is 0.263. The summed E-state index contributed by atoms with van der Waals surface area (Å²) in [6.07, 6.45) is 2.81. The first kappa shape index (κ1) is 11.2. The number of hydrogen-bond donors (Lipinski definition) is 1. The Morgan fingerprint density at radius 2 is 2.44 bits per heavy atom. The molecule has 0 saturated carbocycles. The highest BCUT2D eigenvalue weighted by molar-refractivity contribution is 7.09. The molecule has 0 amide bonds. The van der Waals surface area contributed by atoms with E-state index in [0.717, 1.165) is 11.4 Å². The van der Waals surface area contributed by atoms with E-state index in [0.29, 0.717) is 18.3 Å². The standard InChI is InChI=1S/C10H14N4OS/c1-3-8(10-11-4-5-16-10)12-6-9-13-7(2)15-14-9/h4-5,8,12H,3,6H2,1-2H3. The van der Waals surface area contributed by atoms with Gasteiger partial charge in [0.2, 0.25) is 5.89 Å². The molecule has 2 heterocycles. The number of nitrogens with one attached hydrogen (secondary N) is 1. The average molecular weight is 238 g/mol. The summed E-state index contributed by atoms with van der Waals surface area (Å²) in [5, 5.41) is 10.3. The van der Waals surface area contributed by atoms with Crippen molar-refractivity contribution >= 4 is 11.3 Å². The summed E-state index contributed by atoms with van der Waals surface area (Å²) in [4.78, 5) is 8.44. The third kappa shape index (κ3) is 2.65. The molecule has 0 aromatic carbocycles. The van der Waals surface area contributed by atoms with Crippen LogP contribution in [-0.2, 0) is 6.54 Å². The molecule has 1 N–H and O–H groups in total. The average Bonchev–Trinajstić information content (AvgIpc) is 2.91. The molecule has 0 radical (unpaired) electrons. The molecule has 2 aromatic rings. The fraction of sp³-hybridized carbons (Fsp3) is 0.500. The van der Waals surface area contributed by atoms with Gasteiger partial charge >= 0.3 is 0 Å². The Morgan fingerprint density at radius 3 is 3.00 bits per heavy atom. The minimum atomic E-state index is 0.263. The largest absolute Gasteiger partial charge is 0.340 e. The van der Waals surface area contributed by atoms with Gasteiger partial charge in [-0.2, -0.15) is 4.98 Å². The maximum atomic E-state index is 4.91. The van der Waals surface area contributed by atoms with Gasteiger partial charge in [0.1, 0.15) is 5.01 Å². The van der Waals surface area contributed by atoms with Crippen molar-refractivity contribution in [2.24, 2.45) is 0 Å². The van der Waals surface area contributed by atoms with E-state index >= 15 is 0 Å². The second-order valence-corrected chi connectivity index (χ2v) is 4.37. The predicted molar refractivity (Wildman–Crippen MR) is 61.0 cm³/mol. The van der Waals surface area contributed by atoms with Crippen LogP contribution in [0.15, 0.2) is 16.1 Å². The van der Waals surface area contributed by atoms with Crippen molar-refractivity contribution in [3.63, 3.8) is 0 Å². The molecule has 0 aliphatic rings. The second-order valence-electron chi connectivity index (χ2n) is 3.44. The zero-order valence-corrected chi connectivity index (χ0v) is 10.1. The molecule has 16 heavy (non-hydrogen) atoms. The summed E-state index contributed by atoms with van der Waals surface area (Å²) in [5.41, 5.74) is 0. The van der Waals surface area contributed by atoms with Crippen molar-refractivity contribution in [2.75, 3.05) is 0 Å². The molecule has 86 valence electrons. The van der Waals surface area contributed by atoms with Gasteiger partial charge in [0.15, 0.2) is 5.82 Å². The number of aromatic nitrogens is 3. The van der Waals surface area contributed by atoms with Gasteiger partial charge in [-0.3, -0.25) is 0 Å². The van der Waals surface area contributed by atoms with Gasteiger partial charge in [-0.05, 0) is 6.42 Å². The SMILES string of the molecule is CCC(NCc1noc(C)n1)c1nccs1. The van der Waals surface area contributed by atoms with Crippen LogP contribution < -0.4 is 5.32 Å². The first-order valence-corrected chi connectivity index (χ1v) is 6.09. The number of aryl methyl sites for hydroxylation is 1. The summed E-state index contributed by atoms with van der Waals surface area (Å²) >= 11 is 1.66. The number of nitrogens with zero attached hydrogens (tertiary/aromatic N) is 3. The zero-order chi connectivity index (χ0) is 11.4. The van der Waals surface area contributed by atoms with Crippen molar-refractivity contribution in [1.29, 1.82) is 0 Å². The Labute approximate surface area is 97.9 Å². The molecule has 0 saturated heterocycles. The lowest BCUT2D eigenvalue weighted by atomic mass is 10.2. The van der Waals surface area contributed by atoms with Gasteiger partial charge in [-0.15, -0.1) is 11.3 Å². The van der Waals surface area contributed by atoms with Crippen LogP contribution in [0.25, 0.3) is 0 Å². The Morgan fingerprint density at radius 1 is 1.56 bits per heavy atom. The van der Waals surface area contributed by atoms with Crippen molar-refractivity contribution < 1.29 is 4.52 Å². The highest BCUT2D eigenvalue weighted by atomic mass is 32.1. The summed E-state index contributed by atoms with van der Waals surface area (Å²) in [6.45, 7) is 4.52. The van der Waals surface area contributed by atoms with E-state index in [2.05, 4.69) is 27.4 Å². The monoisotopic (exact) mass is 238 g/mol. The highest BCUT2D eigenvalue weighted by Crippen LogP contribution is 2.18. The van der Waals surface area contributed by atoms with Crippen LogP contribution in [-0.4, -0.2) is 15.1 Å². The van der Waals surface area contributed by atoms with Crippen LogP contribution in [0.5, 0.6) is 0 Å². The van der Waals surface area contributed by atoms with E-state index in [4.69, 9.17) is 4.52 Å². The molecule has 6 heteroatoms. The van der Waals surface area contributed by atoms with E-state index in [1.807, 2.05) is 11.6 Å². The maximum Gasteiger partial charge on any atom is 0.223 e. The molecule has 0 bridgehead atoms. The molecule has 2 rings (SSSR count). The highest BCUT2D eigenvalue weighted by Gasteiger charge is 2.12. The minimum absolute atomic E-state index is 0.263. The lowest BCUT2D eigenvalue weighted by Crippen LogP contribution is -2.20. The van der Waals surface area contributed by atoms with Gasteiger partial charge in [-0.25, -0.2) is 4.98 Å². The Kier molecular flexibility index (Phi) is 3.63. The van der Waals surface area contributed by atoms with Crippen LogP contribution in [0.4, 0.5) is 0 Å². The van der Waals surface area contributed by atoms with Crippen LogP contribution >= 0.6 is 11.3 Å². The molecule has 0 aliphatic heterocycles. The van der Waals surface area contributed by atoms with Crippen molar-refractivity contribution in [3.8, 4) is 0 Å². The fourth-order valence-corrected chi connectivity index (χ4v) is 2.24. The Hall–Kier alpha value is -1.27. The Bertz CT molecular complexity index is 426. The third-order valence-corrected chi connectivity index (χ3v) is 3.12. The molecule has 0 spiro atoms. The minimum Gasteiger partial charge on any atom is -0.340 e. The molecule has 0 fully saturated rings. The van der Waals surface area contributed by atoms with Crippen LogP contribution in [0.3, 0.4) is 0 Å². The van der Waals surface area contributed by atoms with Crippen LogP contribution in [0, 0.1) is 6.92 Å². The van der Waals surface area contributed by atoms with E-state index in [9.17, 15) is 0 Å². The van der Waals surface area contributed by atoms with Gasteiger partial charge in [0, 0.05) is 18.5 Å². The quantitative estimate of drug-likeness (QED) is 0.864. The number of hydrogen-bond acceptors (Lipinski definition) is 6. The van der Waals surface area contributed by atoms with E-state index in [1.54, 1.807) is 18.3 Å². The number of thiazole rings is 1. The molecular formula is C10H14N4OS. The third-order valence-electron chi connectivity index (χ3n) is 2.23. The lowest BCUT2D eigenvalue weighted by Gasteiger charge is -2.12. The van der Waals surface area contributed by atoms with Crippen LogP contribution in [0.2, 0.25) is 0 Å². The number of rotatable bonds is 5.